The smallest absolute Gasteiger partial charge is 0.286 e. The minimum absolute atomic E-state index is 0.153. The SMILES string of the molecule is COc1cc(C(=O)N2Cc3ccccc3C[C@H]2C=O)c([N+](=O)[O-])cc1OCc1ccccc1. The quantitative estimate of drug-likeness (QED) is 0.310. The van der Waals surface area contributed by atoms with Gasteiger partial charge in [-0.25, -0.2) is 0 Å². The number of hydrogen-bond acceptors (Lipinski definition) is 6. The fourth-order valence-electron chi connectivity index (χ4n) is 3.93. The normalized spacial score (nSPS) is 14.8. The molecule has 0 spiro atoms. The first-order valence-electron chi connectivity index (χ1n) is 10.4. The number of rotatable bonds is 7. The fraction of sp³-hybridized carbons (Fsp3) is 0.200. The number of nitro groups is 1. The minimum atomic E-state index is -0.716. The summed E-state index contributed by atoms with van der Waals surface area (Å²) < 4.78 is 11.1. The molecule has 0 radical (unpaired) electrons. The highest BCUT2D eigenvalue weighted by molar-refractivity contribution is 6.00. The van der Waals surface area contributed by atoms with Crippen LogP contribution in [0.1, 0.15) is 27.0 Å². The molecule has 1 heterocycles. The number of ether oxygens (including phenoxy) is 2. The number of fused-ring (bicyclic) bond motifs is 1. The van der Waals surface area contributed by atoms with Crippen molar-refractivity contribution in [2.75, 3.05) is 7.11 Å². The Balaban J connectivity index is 1.68. The van der Waals surface area contributed by atoms with Crippen molar-refractivity contribution in [1.82, 2.24) is 4.90 Å². The van der Waals surface area contributed by atoms with Gasteiger partial charge < -0.3 is 19.2 Å². The van der Waals surface area contributed by atoms with E-state index in [2.05, 4.69) is 0 Å². The van der Waals surface area contributed by atoms with Crippen molar-refractivity contribution in [1.29, 1.82) is 0 Å². The molecule has 8 heteroatoms. The number of amides is 1. The van der Waals surface area contributed by atoms with Gasteiger partial charge in [0, 0.05) is 19.0 Å². The van der Waals surface area contributed by atoms with Crippen molar-refractivity contribution in [3.05, 3.63) is 99.1 Å². The van der Waals surface area contributed by atoms with Crippen LogP contribution in [0.5, 0.6) is 11.5 Å². The maximum atomic E-state index is 13.4. The van der Waals surface area contributed by atoms with E-state index in [0.29, 0.717) is 12.7 Å². The summed E-state index contributed by atoms with van der Waals surface area (Å²) in [5.41, 5.74) is 2.20. The van der Waals surface area contributed by atoms with E-state index in [0.717, 1.165) is 16.7 Å². The van der Waals surface area contributed by atoms with Crippen molar-refractivity contribution in [3.8, 4) is 11.5 Å². The van der Waals surface area contributed by atoms with Crippen molar-refractivity contribution < 1.29 is 24.0 Å². The van der Waals surface area contributed by atoms with Crippen molar-refractivity contribution in [2.45, 2.75) is 25.6 Å². The maximum absolute atomic E-state index is 13.4. The Kier molecular flexibility index (Phi) is 6.35. The van der Waals surface area contributed by atoms with Gasteiger partial charge in [0.05, 0.1) is 24.1 Å². The summed E-state index contributed by atoms with van der Waals surface area (Å²) in [6.07, 6.45) is 1.06. The average Bonchev–Trinajstić information content (AvgIpc) is 2.86. The summed E-state index contributed by atoms with van der Waals surface area (Å²) in [7, 11) is 1.40. The summed E-state index contributed by atoms with van der Waals surface area (Å²) in [4.78, 5) is 37.8. The van der Waals surface area contributed by atoms with E-state index in [-0.39, 0.29) is 30.2 Å². The highest BCUT2D eigenvalue weighted by atomic mass is 16.6. The van der Waals surface area contributed by atoms with E-state index in [1.807, 2.05) is 54.6 Å². The second-order valence-corrected chi connectivity index (χ2v) is 7.66. The molecule has 0 aromatic heterocycles. The summed E-state index contributed by atoms with van der Waals surface area (Å²) in [5, 5.41) is 11.9. The Morgan fingerprint density at radius 1 is 1.09 bits per heavy atom. The molecule has 1 aliphatic rings. The van der Waals surface area contributed by atoms with Crippen LogP contribution in [-0.2, 0) is 24.4 Å². The Bertz CT molecular complexity index is 1190. The molecule has 168 valence electrons. The Morgan fingerprint density at radius 2 is 1.79 bits per heavy atom. The molecule has 0 unspecified atom stereocenters. The van der Waals surface area contributed by atoms with Crippen LogP contribution in [0.4, 0.5) is 5.69 Å². The zero-order chi connectivity index (χ0) is 23.4. The van der Waals surface area contributed by atoms with Gasteiger partial charge in [0.1, 0.15) is 18.5 Å². The molecule has 0 N–H and O–H groups in total. The first-order valence-corrected chi connectivity index (χ1v) is 10.4. The standard InChI is InChI=1S/C25H22N2O6/c1-32-23-12-21(22(27(30)31)13-24(23)33-16-17-7-3-2-4-8-17)25(29)26-14-19-10-6-5-9-18(19)11-20(26)15-28/h2-10,12-13,15,20H,11,14,16H2,1H3/t20-/m0/s1. The number of aldehydes is 1. The lowest BCUT2D eigenvalue weighted by molar-refractivity contribution is -0.385. The molecule has 1 amide bonds. The van der Waals surface area contributed by atoms with E-state index >= 15 is 0 Å². The number of carbonyl (C=O) groups excluding carboxylic acids is 2. The molecular formula is C25H22N2O6. The third kappa shape index (κ3) is 4.55. The third-order valence-corrected chi connectivity index (χ3v) is 5.65. The van der Waals surface area contributed by atoms with Gasteiger partial charge in [-0.3, -0.25) is 14.9 Å². The van der Waals surface area contributed by atoms with Crippen LogP contribution in [-0.4, -0.2) is 35.2 Å². The summed E-state index contributed by atoms with van der Waals surface area (Å²) in [6.45, 7) is 0.363. The second-order valence-electron chi connectivity index (χ2n) is 7.66. The van der Waals surface area contributed by atoms with E-state index in [1.165, 1.54) is 24.1 Å². The Labute approximate surface area is 190 Å². The number of hydrogen-bond donors (Lipinski definition) is 0. The molecule has 1 atom stereocenters. The highest BCUT2D eigenvalue weighted by Crippen LogP contribution is 2.37. The highest BCUT2D eigenvalue weighted by Gasteiger charge is 2.34. The molecule has 3 aromatic carbocycles. The van der Waals surface area contributed by atoms with Gasteiger partial charge >= 0.3 is 0 Å². The zero-order valence-electron chi connectivity index (χ0n) is 18.0. The van der Waals surface area contributed by atoms with Gasteiger partial charge in [0.25, 0.3) is 11.6 Å². The summed E-state index contributed by atoms with van der Waals surface area (Å²) >= 11 is 0. The van der Waals surface area contributed by atoms with Crippen LogP contribution in [0.3, 0.4) is 0 Å². The number of methoxy groups -OCH3 is 1. The first-order chi connectivity index (χ1) is 16.0. The molecule has 0 fully saturated rings. The van der Waals surface area contributed by atoms with Gasteiger partial charge in [0.2, 0.25) is 0 Å². The van der Waals surface area contributed by atoms with Gasteiger partial charge in [-0.15, -0.1) is 0 Å². The predicted molar refractivity (Wildman–Crippen MR) is 120 cm³/mol. The molecular weight excluding hydrogens is 424 g/mol. The van der Waals surface area contributed by atoms with Crippen LogP contribution in [0.15, 0.2) is 66.7 Å². The van der Waals surface area contributed by atoms with Crippen LogP contribution in [0.2, 0.25) is 0 Å². The predicted octanol–water partition coefficient (Wildman–Crippen LogP) is 3.95. The van der Waals surface area contributed by atoms with Gasteiger partial charge in [-0.1, -0.05) is 54.6 Å². The number of benzene rings is 3. The zero-order valence-corrected chi connectivity index (χ0v) is 18.0. The molecule has 8 nitrogen and oxygen atoms in total. The van der Waals surface area contributed by atoms with Crippen LogP contribution >= 0.6 is 0 Å². The molecule has 0 bridgehead atoms. The molecule has 0 saturated carbocycles. The third-order valence-electron chi connectivity index (χ3n) is 5.65. The van der Waals surface area contributed by atoms with Crippen LogP contribution < -0.4 is 9.47 Å². The minimum Gasteiger partial charge on any atom is -0.493 e. The first kappa shape index (κ1) is 22.0. The van der Waals surface area contributed by atoms with Gasteiger partial charge in [-0.05, 0) is 16.7 Å². The van der Waals surface area contributed by atoms with Crippen LogP contribution in [0, 0.1) is 10.1 Å². The van der Waals surface area contributed by atoms with E-state index in [1.54, 1.807) is 0 Å². The summed E-state index contributed by atoms with van der Waals surface area (Å²) in [5.74, 6) is -0.262. The lowest BCUT2D eigenvalue weighted by Gasteiger charge is -2.34. The maximum Gasteiger partial charge on any atom is 0.286 e. The number of nitro benzene ring substituents is 1. The monoisotopic (exact) mass is 446 g/mol. The lowest BCUT2D eigenvalue weighted by Crippen LogP contribution is -2.45. The van der Waals surface area contributed by atoms with Crippen molar-refractivity contribution >= 4 is 17.9 Å². The van der Waals surface area contributed by atoms with Gasteiger partial charge in [0.15, 0.2) is 11.5 Å². The lowest BCUT2D eigenvalue weighted by atomic mass is 9.94. The number of nitrogens with zero attached hydrogens (tertiary/aromatic N) is 2. The molecule has 0 saturated heterocycles. The Hall–Kier alpha value is -4.20. The average molecular weight is 446 g/mol. The molecule has 1 aliphatic heterocycles. The van der Waals surface area contributed by atoms with Crippen molar-refractivity contribution in [3.63, 3.8) is 0 Å². The van der Waals surface area contributed by atoms with Crippen LogP contribution in [0.25, 0.3) is 0 Å². The van der Waals surface area contributed by atoms with E-state index < -0.39 is 22.6 Å². The largest absolute Gasteiger partial charge is 0.493 e. The van der Waals surface area contributed by atoms with Crippen molar-refractivity contribution in [2.24, 2.45) is 0 Å². The molecule has 4 rings (SSSR count). The molecule has 3 aromatic rings. The fourth-order valence-corrected chi connectivity index (χ4v) is 3.93. The molecule has 33 heavy (non-hydrogen) atoms. The summed E-state index contributed by atoms with van der Waals surface area (Å²) in [6, 6.07) is 18.7. The Morgan fingerprint density at radius 3 is 2.45 bits per heavy atom. The molecule has 0 aliphatic carbocycles. The van der Waals surface area contributed by atoms with E-state index in [9.17, 15) is 19.7 Å². The second kappa shape index (κ2) is 9.52. The topological polar surface area (TPSA) is 99.0 Å². The van der Waals surface area contributed by atoms with E-state index in [4.69, 9.17) is 9.47 Å². The van der Waals surface area contributed by atoms with Gasteiger partial charge in [-0.2, -0.15) is 0 Å². The number of carbonyl (C=O) groups is 2.